The number of nitrogens with two attached hydrogens (primary N) is 1. The average molecular weight is 255 g/mol. The summed E-state index contributed by atoms with van der Waals surface area (Å²) in [6.07, 6.45) is 7.38. The Balaban J connectivity index is 2.19. The van der Waals surface area contributed by atoms with Crippen molar-refractivity contribution in [3.05, 3.63) is 0 Å². The van der Waals surface area contributed by atoms with Crippen LogP contribution in [0.5, 0.6) is 0 Å². The summed E-state index contributed by atoms with van der Waals surface area (Å²) in [7, 11) is 0. The van der Waals surface area contributed by atoms with Crippen molar-refractivity contribution < 1.29 is 9.84 Å². The summed E-state index contributed by atoms with van der Waals surface area (Å²) < 4.78 is 5.73. The first-order chi connectivity index (χ1) is 8.55. The molecule has 1 saturated heterocycles. The van der Waals surface area contributed by atoms with Crippen molar-refractivity contribution in [1.82, 2.24) is 0 Å². The van der Waals surface area contributed by atoms with Gasteiger partial charge in [0.2, 0.25) is 0 Å². The van der Waals surface area contributed by atoms with E-state index < -0.39 is 5.60 Å². The maximum atomic E-state index is 11.2. The summed E-state index contributed by atoms with van der Waals surface area (Å²) >= 11 is 0. The number of rotatable bonds is 3. The first-order valence-corrected chi connectivity index (χ1v) is 7.59. The molecule has 0 bridgehead atoms. The van der Waals surface area contributed by atoms with Crippen molar-refractivity contribution in [3.8, 4) is 0 Å². The zero-order chi connectivity index (χ0) is 13.2. The SMILES string of the molecule is CCC1CC(O)(C2(CN)CCCC(C)C2)CCO1. The second-order valence-electron chi connectivity index (χ2n) is 6.57. The number of hydrogen-bond acceptors (Lipinski definition) is 3. The molecule has 106 valence electrons. The van der Waals surface area contributed by atoms with Gasteiger partial charge in [0.25, 0.3) is 0 Å². The van der Waals surface area contributed by atoms with Gasteiger partial charge in [-0.15, -0.1) is 0 Å². The molecule has 0 aromatic rings. The van der Waals surface area contributed by atoms with Crippen molar-refractivity contribution in [3.63, 3.8) is 0 Å². The van der Waals surface area contributed by atoms with Gasteiger partial charge in [-0.25, -0.2) is 0 Å². The van der Waals surface area contributed by atoms with Crippen LogP contribution in [-0.2, 0) is 4.74 Å². The van der Waals surface area contributed by atoms with Gasteiger partial charge in [0.1, 0.15) is 0 Å². The third kappa shape index (κ3) is 2.45. The molecule has 1 heterocycles. The summed E-state index contributed by atoms with van der Waals surface area (Å²) in [5.41, 5.74) is 5.43. The van der Waals surface area contributed by atoms with E-state index in [4.69, 9.17) is 10.5 Å². The molecule has 0 aromatic heterocycles. The highest BCUT2D eigenvalue weighted by Gasteiger charge is 2.52. The molecule has 4 unspecified atom stereocenters. The highest BCUT2D eigenvalue weighted by Crippen LogP contribution is 2.51. The first-order valence-electron chi connectivity index (χ1n) is 7.59. The molecule has 3 heteroatoms. The van der Waals surface area contributed by atoms with Crippen LogP contribution in [0.15, 0.2) is 0 Å². The molecule has 0 spiro atoms. The molecule has 2 rings (SSSR count). The Morgan fingerprint density at radius 2 is 2.11 bits per heavy atom. The molecule has 1 aliphatic carbocycles. The van der Waals surface area contributed by atoms with Crippen LogP contribution in [0.4, 0.5) is 0 Å². The molecule has 3 nitrogen and oxygen atoms in total. The molecule has 1 saturated carbocycles. The van der Waals surface area contributed by atoms with E-state index in [0.29, 0.717) is 19.1 Å². The Kier molecular flexibility index (Phi) is 4.35. The van der Waals surface area contributed by atoms with E-state index in [1.807, 2.05) is 0 Å². The minimum absolute atomic E-state index is 0.0676. The molecule has 0 amide bonds. The minimum Gasteiger partial charge on any atom is -0.389 e. The van der Waals surface area contributed by atoms with Crippen molar-refractivity contribution in [2.45, 2.75) is 70.5 Å². The van der Waals surface area contributed by atoms with E-state index in [0.717, 1.165) is 32.1 Å². The molecule has 18 heavy (non-hydrogen) atoms. The standard InChI is InChI=1S/C15H29NO2/c1-3-13-10-15(17,7-8-18-13)14(11-16)6-4-5-12(2)9-14/h12-13,17H,3-11,16H2,1-2H3. The normalized spacial score (nSPS) is 46.0. The fourth-order valence-corrected chi connectivity index (χ4v) is 4.13. The van der Waals surface area contributed by atoms with Crippen LogP contribution in [0.2, 0.25) is 0 Å². The van der Waals surface area contributed by atoms with Gasteiger partial charge in [0.15, 0.2) is 0 Å². The second kappa shape index (κ2) is 5.48. The Labute approximate surface area is 111 Å². The van der Waals surface area contributed by atoms with Crippen LogP contribution < -0.4 is 5.73 Å². The van der Waals surface area contributed by atoms with Crippen LogP contribution in [0.25, 0.3) is 0 Å². The smallest absolute Gasteiger partial charge is 0.0762 e. The van der Waals surface area contributed by atoms with E-state index in [2.05, 4.69) is 13.8 Å². The lowest BCUT2D eigenvalue weighted by Gasteiger charge is -2.53. The molecule has 2 aliphatic rings. The largest absolute Gasteiger partial charge is 0.389 e. The van der Waals surface area contributed by atoms with Crippen LogP contribution >= 0.6 is 0 Å². The number of ether oxygens (including phenoxy) is 1. The third-order valence-electron chi connectivity index (χ3n) is 5.36. The van der Waals surface area contributed by atoms with Gasteiger partial charge in [0.05, 0.1) is 11.7 Å². The monoisotopic (exact) mass is 255 g/mol. The molecule has 4 atom stereocenters. The quantitative estimate of drug-likeness (QED) is 0.814. The van der Waals surface area contributed by atoms with Gasteiger partial charge < -0.3 is 15.6 Å². The Bertz CT molecular complexity index is 284. The van der Waals surface area contributed by atoms with Gasteiger partial charge >= 0.3 is 0 Å². The Morgan fingerprint density at radius 3 is 2.72 bits per heavy atom. The predicted octanol–water partition coefficient (Wildman–Crippen LogP) is 2.46. The minimum atomic E-state index is -0.602. The molecular weight excluding hydrogens is 226 g/mol. The van der Waals surface area contributed by atoms with E-state index in [-0.39, 0.29) is 11.5 Å². The molecule has 0 aromatic carbocycles. The highest BCUT2D eigenvalue weighted by atomic mass is 16.5. The fourth-order valence-electron chi connectivity index (χ4n) is 4.13. The molecule has 0 radical (unpaired) electrons. The zero-order valence-corrected chi connectivity index (χ0v) is 12.0. The summed E-state index contributed by atoms with van der Waals surface area (Å²) in [6.45, 7) is 5.73. The van der Waals surface area contributed by atoms with E-state index in [1.165, 1.54) is 12.8 Å². The van der Waals surface area contributed by atoms with Gasteiger partial charge in [-0.1, -0.05) is 26.7 Å². The van der Waals surface area contributed by atoms with Crippen LogP contribution in [0.1, 0.15) is 58.8 Å². The van der Waals surface area contributed by atoms with Gasteiger partial charge in [0, 0.05) is 31.4 Å². The average Bonchev–Trinajstić information content (AvgIpc) is 2.38. The van der Waals surface area contributed by atoms with E-state index >= 15 is 0 Å². The summed E-state index contributed by atoms with van der Waals surface area (Å²) in [5.74, 6) is 0.689. The molecular formula is C15H29NO2. The highest BCUT2D eigenvalue weighted by molar-refractivity contribution is 5.04. The van der Waals surface area contributed by atoms with Crippen LogP contribution in [-0.4, -0.2) is 30.0 Å². The van der Waals surface area contributed by atoms with Gasteiger partial charge in [-0.05, 0) is 25.2 Å². The first kappa shape index (κ1) is 14.3. The predicted molar refractivity (Wildman–Crippen MR) is 73.3 cm³/mol. The maximum Gasteiger partial charge on any atom is 0.0762 e. The number of hydrogen-bond donors (Lipinski definition) is 2. The molecule has 3 N–H and O–H groups in total. The van der Waals surface area contributed by atoms with Crippen molar-refractivity contribution in [2.75, 3.05) is 13.2 Å². The number of aliphatic hydroxyl groups is 1. The summed E-state index contributed by atoms with van der Waals surface area (Å²) in [4.78, 5) is 0. The summed E-state index contributed by atoms with van der Waals surface area (Å²) in [6, 6.07) is 0. The Hall–Kier alpha value is -0.120. The van der Waals surface area contributed by atoms with E-state index in [1.54, 1.807) is 0 Å². The Morgan fingerprint density at radius 1 is 1.33 bits per heavy atom. The van der Waals surface area contributed by atoms with Gasteiger partial charge in [-0.2, -0.15) is 0 Å². The second-order valence-corrected chi connectivity index (χ2v) is 6.57. The fraction of sp³-hybridized carbons (Fsp3) is 1.00. The van der Waals surface area contributed by atoms with Crippen LogP contribution in [0.3, 0.4) is 0 Å². The molecule has 2 fully saturated rings. The maximum absolute atomic E-state index is 11.2. The molecule has 1 aliphatic heterocycles. The lowest BCUT2D eigenvalue weighted by molar-refractivity contribution is -0.179. The van der Waals surface area contributed by atoms with Crippen molar-refractivity contribution in [1.29, 1.82) is 0 Å². The van der Waals surface area contributed by atoms with Crippen molar-refractivity contribution >= 4 is 0 Å². The van der Waals surface area contributed by atoms with Gasteiger partial charge in [-0.3, -0.25) is 0 Å². The third-order valence-corrected chi connectivity index (χ3v) is 5.36. The van der Waals surface area contributed by atoms with Crippen LogP contribution in [0, 0.1) is 11.3 Å². The summed E-state index contributed by atoms with van der Waals surface area (Å²) in [5, 5.41) is 11.2. The lowest BCUT2D eigenvalue weighted by atomic mass is 9.58. The van der Waals surface area contributed by atoms with E-state index in [9.17, 15) is 5.11 Å². The topological polar surface area (TPSA) is 55.5 Å². The lowest BCUT2D eigenvalue weighted by Crippen LogP contribution is -2.58. The van der Waals surface area contributed by atoms with Crippen molar-refractivity contribution in [2.24, 2.45) is 17.1 Å². The zero-order valence-electron chi connectivity index (χ0n) is 12.0.